The molecule has 0 spiro atoms. The molecule has 2 fully saturated rings. The van der Waals surface area contributed by atoms with E-state index in [1.807, 2.05) is 25.0 Å². The van der Waals surface area contributed by atoms with E-state index in [4.69, 9.17) is 4.74 Å². The molecule has 5 rings (SSSR count). The van der Waals surface area contributed by atoms with Gasteiger partial charge in [-0.1, -0.05) is 0 Å². The van der Waals surface area contributed by atoms with Crippen molar-refractivity contribution in [2.75, 3.05) is 31.1 Å². The van der Waals surface area contributed by atoms with Crippen LogP contribution in [0.4, 0.5) is 19.3 Å². The van der Waals surface area contributed by atoms with Crippen LogP contribution >= 0.6 is 0 Å². The Morgan fingerprint density at radius 2 is 2.03 bits per heavy atom. The molecule has 1 N–H and O–H groups in total. The summed E-state index contributed by atoms with van der Waals surface area (Å²) in [6, 6.07) is 6.10. The average Bonchev–Trinajstić information content (AvgIpc) is 3.43. The van der Waals surface area contributed by atoms with E-state index >= 15 is 8.78 Å². The van der Waals surface area contributed by atoms with Gasteiger partial charge in [0, 0.05) is 37.8 Å². The highest BCUT2D eigenvalue weighted by atomic mass is 19.1. The van der Waals surface area contributed by atoms with Crippen LogP contribution < -0.4 is 4.90 Å². The molecule has 182 valence electrons. The summed E-state index contributed by atoms with van der Waals surface area (Å²) < 4.78 is 38.5. The Labute approximate surface area is 200 Å². The van der Waals surface area contributed by atoms with Crippen molar-refractivity contribution in [3.63, 3.8) is 0 Å². The zero-order valence-electron chi connectivity index (χ0n) is 19.1. The molecule has 4 heterocycles. The molecule has 0 saturated carbocycles. The van der Waals surface area contributed by atoms with Gasteiger partial charge in [-0.3, -0.25) is 0 Å². The van der Waals surface area contributed by atoms with Crippen molar-refractivity contribution < 1.29 is 28.2 Å². The molecule has 0 radical (unpaired) electrons. The number of imidazole rings is 1. The maximum atomic E-state index is 15.5. The second-order valence-electron chi connectivity index (χ2n) is 8.85. The number of halogens is 2. The smallest absolute Gasteiger partial charge is 0.407 e. The molecule has 3 aromatic rings. The molecule has 2 aliphatic heterocycles. The Morgan fingerprint density at radius 1 is 1.26 bits per heavy atom. The molecule has 10 heteroatoms. The number of hydrogen-bond donors (Lipinski definition) is 1. The van der Waals surface area contributed by atoms with Gasteiger partial charge < -0.3 is 24.0 Å². The number of ether oxygens (including phenoxy) is 1. The lowest BCUT2D eigenvalue weighted by molar-refractivity contribution is -0.0214. The van der Waals surface area contributed by atoms with Crippen molar-refractivity contribution in [3.8, 4) is 11.3 Å². The van der Waals surface area contributed by atoms with Crippen molar-refractivity contribution in [2.24, 2.45) is 0 Å². The van der Waals surface area contributed by atoms with Crippen LogP contribution in [0, 0.1) is 18.6 Å². The topological polar surface area (TPSA) is 87.4 Å². The van der Waals surface area contributed by atoms with Gasteiger partial charge in [0.2, 0.25) is 0 Å². The number of fused-ring (bicyclic) bond motifs is 1. The number of carbonyl (C=O) groups excluding carboxylic acids is 1. The summed E-state index contributed by atoms with van der Waals surface area (Å²) in [6.07, 6.45) is 1.69. The van der Waals surface area contributed by atoms with Gasteiger partial charge in [0.25, 0.3) is 0 Å². The number of morpholine rings is 1. The summed E-state index contributed by atoms with van der Waals surface area (Å²) in [5.41, 5.74) is 2.48. The van der Waals surface area contributed by atoms with Crippen LogP contribution in [0.1, 0.15) is 24.1 Å². The molecule has 2 aromatic heterocycles. The van der Waals surface area contributed by atoms with Gasteiger partial charge >= 0.3 is 6.09 Å². The number of anilines is 1. The van der Waals surface area contributed by atoms with Crippen LogP contribution in [0.15, 0.2) is 36.2 Å². The maximum Gasteiger partial charge on any atom is 0.407 e. The third-order valence-corrected chi connectivity index (χ3v) is 6.53. The van der Waals surface area contributed by atoms with Crippen molar-refractivity contribution >= 4 is 23.4 Å². The van der Waals surface area contributed by atoms with Crippen molar-refractivity contribution in [1.82, 2.24) is 14.3 Å². The SMILES string of the molecule is Cc1ccn2c(C[C@H]3CN(C(=O)O)CCO3)c(-c3c(F)cc(N4CCCC4=C=O)cc3F)nc2c1. The molecule has 35 heavy (non-hydrogen) atoms. The molecule has 0 unspecified atom stereocenters. The molecule has 0 bridgehead atoms. The second kappa shape index (κ2) is 9.13. The summed E-state index contributed by atoms with van der Waals surface area (Å²) in [6.45, 7) is 3.03. The third-order valence-electron chi connectivity index (χ3n) is 6.53. The fourth-order valence-electron chi connectivity index (χ4n) is 4.83. The molecule has 1 atom stereocenters. The number of carboxylic acid groups (broad SMARTS) is 1. The maximum absolute atomic E-state index is 15.5. The second-order valence-corrected chi connectivity index (χ2v) is 8.85. The molecule has 2 saturated heterocycles. The summed E-state index contributed by atoms with van der Waals surface area (Å²) in [4.78, 5) is 30.1. The van der Waals surface area contributed by atoms with Crippen LogP contribution in [0.3, 0.4) is 0 Å². The molecule has 8 nitrogen and oxygen atoms in total. The zero-order chi connectivity index (χ0) is 24.7. The first-order chi connectivity index (χ1) is 16.9. The van der Waals surface area contributed by atoms with E-state index in [-0.39, 0.29) is 43.1 Å². The normalized spacial score (nSPS) is 18.4. The summed E-state index contributed by atoms with van der Waals surface area (Å²) >= 11 is 0. The first-order valence-electron chi connectivity index (χ1n) is 11.4. The molecular formula is C25H24F2N4O4. The lowest BCUT2D eigenvalue weighted by Gasteiger charge is -2.31. The number of benzene rings is 1. The van der Waals surface area contributed by atoms with E-state index in [1.54, 1.807) is 15.5 Å². The first kappa shape index (κ1) is 23.0. The quantitative estimate of drug-likeness (QED) is 0.569. The van der Waals surface area contributed by atoms with Crippen molar-refractivity contribution in [1.29, 1.82) is 0 Å². The minimum atomic E-state index is -1.04. The fraction of sp³-hybridized carbons (Fsp3) is 0.360. The van der Waals surface area contributed by atoms with Gasteiger partial charge in [-0.25, -0.2) is 23.4 Å². The standard InChI is InChI=1S/C25H24F2N4O4/c1-15-4-6-31-21(12-18-13-29(25(33)34)7-8-35-18)24(28-22(31)9-15)23-19(26)10-17(11-20(23)27)30-5-2-3-16(30)14-32/h4,6,9-11,18H,2-3,5,7-8,12-13H2,1H3,(H,33,34)/t18-/m0/s1. The van der Waals surface area contributed by atoms with Crippen LogP contribution in [0.25, 0.3) is 16.9 Å². The molecule has 1 amide bonds. The van der Waals surface area contributed by atoms with Crippen LogP contribution in [-0.4, -0.2) is 63.8 Å². The lowest BCUT2D eigenvalue weighted by atomic mass is 10.0. The highest BCUT2D eigenvalue weighted by Gasteiger charge is 2.29. The first-order valence-corrected chi connectivity index (χ1v) is 11.4. The summed E-state index contributed by atoms with van der Waals surface area (Å²) in [7, 11) is 0. The molecular weight excluding hydrogens is 458 g/mol. The number of hydrogen-bond acceptors (Lipinski definition) is 5. The van der Waals surface area contributed by atoms with E-state index in [1.165, 1.54) is 17.0 Å². The minimum Gasteiger partial charge on any atom is -0.465 e. The van der Waals surface area contributed by atoms with Gasteiger partial charge in [0.05, 0.1) is 36.2 Å². The number of nitrogens with zero attached hydrogens (tertiary/aromatic N) is 4. The third kappa shape index (κ3) is 4.26. The van der Waals surface area contributed by atoms with E-state index in [2.05, 4.69) is 4.98 Å². The largest absolute Gasteiger partial charge is 0.465 e. The Morgan fingerprint density at radius 3 is 2.74 bits per heavy atom. The Bertz CT molecular complexity index is 1340. The Hall–Kier alpha value is -3.75. The predicted octanol–water partition coefficient (Wildman–Crippen LogP) is 3.82. The highest BCUT2D eigenvalue weighted by Crippen LogP contribution is 2.36. The van der Waals surface area contributed by atoms with Gasteiger partial charge in [-0.2, -0.15) is 0 Å². The number of carbonyl (C=O) groups is 1. The van der Waals surface area contributed by atoms with Crippen molar-refractivity contribution in [2.45, 2.75) is 32.3 Å². The zero-order valence-corrected chi connectivity index (χ0v) is 19.1. The lowest BCUT2D eigenvalue weighted by Crippen LogP contribution is -2.45. The van der Waals surface area contributed by atoms with E-state index < -0.39 is 23.8 Å². The van der Waals surface area contributed by atoms with Crippen molar-refractivity contribution in [3.05, 3.63) is 59.1 Å². The Kier molecular flexibility index (Phi) is 6.00. The van der Waals surface area contributed by atoms with E-state index in [0.717, 1.165) is 5.56 Å². The minimum absolute atomic E-state index is 0.140. The Balaban J connectivity index is 1.59. The van der Waals surface area contributed by atoms with E-state index in [9.17, 15) is 14.7 Å². The monoisotopic (exact) mass is 482 g/mol. The van der Waals surface area contributed by atoms with E-state index in [0.29, 0.717) is 36.4 Å². The highest BCUT2D eigenvalue weighted by molar-refractivity contribution is 5.73. The van der Waals surface area contributed by atoms with Gasteiger partial charge in [0.1, 0.15) is 28.9 Å². The number of rotatable bonds is 4. The number of pyridine rings is 1. The fourth-order valence-corrected chi connectivity index (χ4v) is 4.83. The summed E-state index contributed by atoms with van der Waals surface area (Å²) in [5.74, 6) is 0.267. The number of aryl methyl sites for hydroxylation is 1. The predicted molar refractivity (Wildman–Crippen MR) is 124 cm³/mol. The molecule has 2 aliphatic rings. The van der Waals surface area contributed by atoms with Gasteiger partial charge in [0.15, 0.2) is 0 Å². The van der Waals surface area contributed by atoms with Gasteiger partial charge in [-0.05, 0) is 43.2 Å². The molecule has 1 aromatic carbocycles. The van der Waals surface area contributed by atoms with Crippen LogP contribution in [0.5, 0.6) is 0 Å². The average molecular weight is 482 g/mol. The number of allylic oxidation sites excluding steroid dienone is 1. The van der Waals surface area contributed by atoms with Gasteiger partial charge in [-0.15, -0.1) is 0 Å². The molecule has 0 aliphatic carbocycles. The summed E-state index contributed by atoms with van der Waals surface area (Å²) in [5, 5.41) is 9.37. The number of aromatic nitrogens is 2. The van der Waals surface area contributed by atoms with Crippen LogP contribution in [0.2, 0.25) is 0 Å². The number of amides is 1. The van der Waals surface area contributed by atoms with Crippen LogP contribution in [-0.2, 0) is 16.0 Å².